The van der Waals surface area contributed by atoms with Crippen LogP contribution in [0, 0.1) is 6.92 Å². The highest BCUT2D eigenvalue weighted by molar-refractivity contribution is 6.28. The predicted molar refractivity (Wildman–Crippen MR) is 177 cm³/mol. The minimum absolute atomic E-state index is 0.0462. The third kappa shape index (κ3) is 2.99. The number of aromatic nitrogens is 2. The van der Waals surface area contributed by atoms with Gasteiger partial charge in [-0.15, -0.1) is 0 Å². The molecule has 1 aliphatic carbocycles. The van der Waals surface area contributed by atoms with Crippen molar-refractivity contribution in [3.63, 3.8) is 0 Å². The van der Waals surface area contributed by atoms with E-state index in [1.54, 1.807) is 0 Å². The number of para-hydroxylation sites is 2. The molecule has 0 bridgehead atoms. The van der Waals surface area contributed by atoms with Crippen LogP contribution in [0.3, 0.4) is 0 Å². The number of aryl methyl sites for hydroxylation is 1. The van der Waals surface area contributed by atoms with E-state index in [-0.39, 0.29) is 5.41 Å². The molecule has 1 aliphatic rings. The van der Waals surface area contributed by atoms with Gasteiger partial charge < -0.3 is 9.13 Å². The molecule has 2 heterocycles. The summed E-state index contributed by atoms with van der Waals surface area (Å²) in [5, 5.41) is 5.20. The second-order valence-corrected chi connectivity index (χ2v) is 12.3. The largest absolute Gasteiger partial charge is 0.309 e. The van der Waals surface area contributed by atoms with E-state index in [4.69, 9.17) is 0 Å². The van der Waals surface area contributed by atoms with Crippen molar-refractivity contribution in [1.82, 2.24) is 9.13 Å². The average molecular weight is 539 g/mol. The van der Waals surface area contributed by atoms with E-state index in [0.29, 0.717) is 0 Å². The zero-order valence-electron chi connectivity index (χ0n) is 24.0. The quantitative estimate of drug-likeness (QED) is 0.207. The van der Waals surface area contributed by atoms with E-state index in [0.717, 1.165) is 0 Å². The van der Waals surface area contributed by atoms with Crippen LogP contribution >= 0.6 is 0 Å². The van der Waals surface area contributed by atoms with Gasteiger partial charge in [-0.1, -0.05) is 98.3 Å². The number of hydrogen-bond donors (Lipinski definition) is 0. The summed E-state index contributed by atoms with van der Waals surface area (Å²) >= 11 is 0. The van der Waals surface area contributed by atoms with Crippen LogP contribution in [0.25, 0.3) is 66.1 Å². The first-order valence-corrected chi connectivity index (χ1v) is 14.8. The van der Waals surface area contributed by atoms with Gasteiger partial charge in [-0.05, 0) is 77.7 Å². The highest BCUT2D eigenvalue weighted by Crippen LogP contribution is 2.50. The van der Waals surface area contributed by atoms with Crippen LogP contribution in [0.2, 0.25) is 0 Å². The Balaban J connectivity index is 1.39. The lowest BCUT2D eigenvalue weighted by Gasteiger charge is -2.22. The lowest BCUT2D eigenvalue weighted by molar-refractivity contribution is 0.660. The molecule has 6 aromatic carbocycles. The van der Waals surface area contributed by atoms with Crippen LogP contribution in [0.4, 0.5) is 0 Å². The maximum Gasteiger partial charge on any atom is 0.0548 e. The summed E-state index contributed by atoms with van der Waals surface area (Å²) in [7, 11) is 0. The van der Waals surface area contributed by atoms with Crippen molar-refractivity contribution in [1.29, 1.82) is 0 Å². The van der Waals surface area contributed by atoms with Crippen LogP contribution in [0.5, 0.6) is 0 Å². The molecule has 8 aromatic rings. The molecule has 0 aliphatic heterocycles. The lowest BCUT2D eigenvalue weighted by Crippen LogP contribution is -2.15. The Morgan fingerprint density at radius 3 is 1.64 bits per heavy atom. The standard InChI is InChI=1S/C40H30N2/c1-25-16-18-26(19-17-25)41-34-14-8-5-11-30(34)38-36(41)22-23-37-39(38)31-12-6-9-15-35(31)42(37)27-20-21-29-28-10-4-7-13-32(28)40(2,3)33(29)24-27/h4-24H,1-3H3. The molecule has 2 nitrogen and oxygen atoms in total. The molecule has 0 amide bonds. The maximum atomic E-state index is 2.47. The van der Waals surface area contributed by atoms with Gasteiger partial charge in [-0.3, -0.25) is 0 Å². The first kappa shape index (κ1) is 23.6. The summed E-state index contributed by atoms with van der Waals surface area (Å²) in [4.78, 5) is 0. The highest BCUT2D eigenvalue weighted by Gasteiger charge is 2.35. The molecule has 0 fully saturated rings. The van der Waals surface area contributed by atoms with Gasteiger partial charge in [-0.25, -0.2) is 0 Å². The Labute approximate surface area is 245 Å². The molecule has 2 aromatic heterocycles. The summed E-state index contributed by atoms with van der Waals surface area (Å²) in [6.07, 6.45) is 0. The SMILES string of the molecule is Cc1ccc(-n2c3ccccc3c3c4c5ccccc5n(-c5ccc6c(c5)C(C)(C)c5ccccc5-6)c4ccc32)cc1. The summed E-state index contributed by atoms with van der Waals surface area (Å²) in [6.45, 7) is 6.86. The molecule has 0 N–H and O–H groups in total. The number of fused-ring (bicyclic) bond motifs is 10. The molecule has 200 valence electrons. The monoisotopic (exact) mass is 538 g/mol. The van der Waals surface area contributed by atoms with E-state index in [1.807, 2.05) is 0 Å². The Kier molecular flexibility index (Phi) is 4.63. The molecule has 9 rings (SSSR count). The van der Waals surface area contributed by atoms with E-state index in [9.17, 15) is 0 Å². The van der Waals surface area contributed by atoms with Gasteiger partial charge in [0.1, 0.15) is 0 Å². The second kappa shape index (κ2) is 8.24. The van der Waals surface area contributed by atoms with E-state index in [1.165, 1.54) is 82.8 Å². The van der Waals surface area contributed by atoms with Gasteiger partial charge in [-0.2, -0.15) is 0 Å². The molecule has 0 atom stereocenters. The average Bonchev–Trinajstić information content (AvgIpc) is 3.61. The normalized spacial score (nSPS) is 13.8. The van der Waals surface area contributed by atoms with E-state index in [2.05, 4.69) is 157 Å². The summed E-state index contributed by atoms with van der Waals surface area (Å²) in [5.41, 5.74) is 14.1. The van der Waals surface area contributed by atoms with Gasteiger partial charge in [0.05, 0.1) is 22.1 Å². The van der Waals surface area contributed by atoms with E-state index < -0.39 is 0 Å². The smallest absolute Gasteiger partial charge is 0.0548 e. The van der Waals surface area contributed by atoms with Gasteiger partial charge >= 0.3 is 0 Å². The van der Waals surface area contributed by atoms with Crippen LogP contribution < -0.4 is 0 Å². The number of rotatable bonds is 2. The van der Waals surface area contributed by atoms with Crippen molar-refractivity contribution in [2.75, 3.05) is 0 Å². The molecule has 42 heavy (non-hydrogen) atoms. The van der Waals surface area contributed by atoms with E-state index >= 15 is 0 Å². The van der Waals surface area contributed by atoms with Crippen LogP contribution in [0.15, 0.2) is 127 Å². The van der Waals surface area contributed by atoms with Crippen molar-refractivity contribution in [3.05, 3.63) is 144 Å². The molecule has 0 spiro atoms. The molecule has 0 radical (unpaired) electrons. The maximum absolute atomic E-state index is 2.47. The Hall–Kier alpha value is -5.08. The van der Waals surface area contributed by atoms with Crippen molar-refractivity contribution in [3.8, 4) is 22.5 Å². The van der Waals surface area contributed by atoms with Gasteiger partial charge in [0.25, 0.3) is 0 Å². The number of nitrogens with zero attached hydrogens (tertiary/aromatic N) is 2. The van der Waals surface area contributed by atoms with Crippen molar-refractivity contribution >= 4 is 43.6 Å². The van der Waals surface area contributed by atoms with Crippen molar-refractivity contribution < 1.29 is 0 Å². The van der Waals surface area contributed by atoms with Gasteiger partial charge in [0.15, 0.2) is 0 Å². The zero-order chi connectivity index (χ0) is 28.2. The van der Waals surface area contributed by atoms with Gasteiger partial charge in [0, 0.05) is 38.3 Å². The Morgan fingerprint density at radius 1 is 0.452 bits per heavy atom. The fourth-order valence-corrected chi connectivity index (χ4v) is 7.60. The van der Waals surface area contributed by atoms with Crippen molar-refractivity contribution in [2.45, 2.75) is 26.2 Å². The number of benzene rings is 6. The fraction of sp³-hybridized carbons (Fsp3) is 0.100. The molecule has 2 heteroatoms. The van der Waals surface area contributed by atoms with Crippen LogP contribution in [0.1, 0.15) is 30.5 Å². The highest BCUT2D eigenvalue weighted by atomic mass is 15.0. The molecule has 0 saturated heterocycles. The Morgan fingerprint density at radius 2 is 0.976 bits per heavy atom. The third-order valence-electron chi connectivity index (χ3n) is 9.59. The lowest BCUT2D eigenvalue weighted by atomic mass is 9.82. The van der Waals surface area contributed by atoms with Gasteiger partial charge in [0.2, 0.25) is 0 Å². The van der Waals surface area contributed by atoms with Crippen LogP contribution in [-0.2, 0) is 5.41 Å². The first-order chi connectivity index (χ1) is 20.5. The topological polar surface area (TPSA) is 9.86 Å². The molecular formula is C40H30N2. The zero-order valence-corrected chi connectivity index (χ0v) is 24.0. The molecule has 0 unspecified atom stereocenters. The minimum Gasteiger partial charge on any atom is -0.309 e. The van der Waals surface area contributed by atoms with Crippen LogP contribution in [-0.4, -0.2) is 9.13 Å². The summed E-state index contributed by atoms with van der Waals surface area (Å²) in [5.74, 6) is 0. The molecule has 0 saturated carbocycles. The Bertz CT molecular complexity index is 2380. The van der Waals surface area contributed by atoms with Crippen molar-refractivity contribution in [2.24, 2.45) is 0 Å². The number of hydrogen-bond acceptors (Lipinski definition) is 0. The predicted octanol–water partition coefficient (Wildman–Crippen LogP) is 10.5. The summed E-state index contributed by atoms with van der Waals surface area (Å²) < 4.78 is 4.90. The second-order valence-electron chi connectivity index (χ2n) is 12.3. The third-order valence-corrected chi connectivity index (χ3v) is 9.59. The summed E-state index contributed by atoms with van der Waals surface area (Å²) in [6, 6.07) is 47.2. The minimum atomic E-state index is -0.0462. The molecular weight excluding hydrogens is 508 g/mol. The fourth-order valence-electron chi connectivity index (χ4n) is 7.60. The first-order valence-electron chi connectivity index (χ1n) is 14.8.